The number of alkyl halides is 3. The van der Waals surface area contributed by atoms with E-state index in [4.69, 9.17) is 9.47 Å². The summed E-state index contributed by atoms with van der Waals surface area (Å²) in [6.45, 7) is 2.97. The van der Waals surface area contributed by atoms with Crippen molar-refractivity contribution in [3.8, 4) is 11.5 Å². The van der Waals surface area contributed by atoms with Gasteiger partial charge in [-0.05, 0) is 67.4 Å². The third-order valence-corrected chi connectivity index (χ3v) is 7.25. The van der Waals surface area contributed by atoms with E-state index in [0.29, 0.717) is 16.1 Å². The van der Waals surface area contributed by atoms with Gasteiger partial charge in [0, 0.05) is 11.8 Å². The first kappa shape index (κ1) is 26.9. The van der Waals surface area contributed by atoms with Gasteiger partial charge in [-0.1, -0.05) is 12.1 Å². The van der Waals surface area contributed by atoms with Crippen LogP contribution in [0.25, 0.3) is 0 Å². The van der Waals surface area contributed by atoms with E-state index in [-0.39, 0.29) is 22.1 Å². The van der Waals surface area contributed by atoms with Crippen LogP contribution in [0.2, 0.25) is 0 Å². The number of sulfonamides is 1. The highest BCUT2D eigenvalue weighted by atomic mass is 32.2. The molecule has 0 aliphatic carbocycles. The summed E-state index contributed by atoms with van der Waals surface area (Å²) < 4.78 is 78.3. The normalized spacial score (nSPS) is 11.6. The van der Waals surface area contributed by atoms with Gasteiger partial charge in [-0.15, -0.1) is 0 Å². The molecule has 192 valence electrons. The Labute approximate surface area is 207 Å². The van der Waals surface area contributed by atoms with E-state index in [1.807, 2.05) is 13.8 Å². The SMILES string of the molecule is COc1ccc(S(=O)(=O)N(CC(=O)Nc2ccc(C)c(C)c2)c2cccc(C(F)(F)F)c2)cc1OC. The first-order valence-corrected chi connectivity index (χ1v) is 12.1. The lowest BCUT2D eigenvalue weighted by atomic mass is 10.1. The number of anilines is 2. The smallest absolute Gasteiger partial charge is 0.416 e. The average molecular weight is 523 g/mol. The first-order chi connectivity index (χ1) is 16.9. The highest BCUT2D eigenvalue weighted by Gasteiger charge is 2.33. The van der Waals surface area contributed by atoms with Crippen molar-refractivity contribution < 1.29 is 35.9 Å². The zero-order valence-electron chi connectivity index (χ0n) is 20.0. The Bertz CT molecular complexity index is 1370. The Morgan fingerprint density at radius 1 is 0.917 bits per heavy atom. The van der Waals surface area contributed by atoms with Gasteiger partial charge in [-0.25, -0.2) is 8.42 Å². The van der Waals surface area contributed by atoms with Crippen molar-refractivity contribution in [3.63, 3.8) is 0 Å². The number of hydrogen-bond donors (Lipinski definition) is 1. The molecule has 0 bridgehead atoms. The fourth-order valence-electron chi connectivity index (χ4n) is 3.41. The number of benzene rings is 3. The number of hydrogen-bond acceptors (Lipinski definition) is 5. The number of nitrogens with zero attached hydrogens (tertiary/aromatic N) is 1. The topological polar surface area (TPSA) is 84.9 Å². The zero-order chi connectivity index (χ0) is 26.7. The summed E-state index contributed by atoms with van der Waals surface area (Å²) in [7, 11) is -1.82. The van der Waals surface area contributed by atoms with Crippen LogP contribution in [0.1, 0.15) is 16.7 Å². The third kappa shape index (κ3) is 5.91. The molecule has 1 N–H and O–H groups in total. The quantitative estimate of drug-likeness (QED) is 0.441. The molecule has 0 heterocycles. The maximum absolute atomic E-state index is 13.6. The number of carbonyl (C=O) groups is 1. The van der Waals surface area contributed by atoms with E-state index < -0.39 is 34.2 Å². The second-order valence-electron chi connectivity index (χ2n) is 7.92. The van der Waals surface area contributed by atoms with E-state index in [1.165, 1.54) is 38.5 Å². The highest BCUT2D eigenvalue weighted by Crippen LogP contribution is 2.35. The number of carbonyl (C=O) groups excluding carboxylic acids is 1. The zero-order valence-corrected chi connectivity index (χ0v) is 20.8. The van der Waals surface area contributed by atoms with Gasteiger partial charge in [0.25, 0.3) is 10.0 Å². The molecule has 0 radical (unpaired) electrons. The molecule has 0 aliphatic heterocycles. The molecule has 3 aromatic rings. The molecule has 3 rings (SSSR count). The van der Waals surface area contributed by atoms with Crippen LogP contribution in [0.5, 0.6) is 11.5 Å². The van der Waals surface area contributed by atoms with Crippen molar-refractivity contribution in [2.75, 3.05) is 30.4 Å². The van der Waals surface area contributed by atoms with Crippen molar-refractivity contribution >= 4 is 27.3 Å². The van der Waals surface area contributed by atoms with E-state index >= 15 is 0 Å². The maximum Gasteiger partial charge on any atom is 0.416 e. The summed E-state index contributed by atoms with van der Waals surface area (Å²) in [4.78, 5) is 12.6. The first-order valence-electron chi connectivity index (χ1n) is 10.7. The van der Waals surface area contributed by atoms with Gasteiger partial charge in [-0.3, -0.25) is 9.10 Å². The Kier molecular flexibility index (Phi) is 7.83. The maximum atomic E-state index is 13.6. The molecule has 0 unspecified atom stereocenters. The summed E-state index contributed by atoms with van der Waals surface area (Å²) in [5.74, 6) is -0.378. The van der Waals surface area contributed by atoms with E-state index in [9.17, 15) is 26.4 Å². The van der Waals surface area contributed by atoms with Crippen molar-refractivity contribution in [1.82, 2.24) is 0 Å². The molecular weight excluding hydrogens is 497 g/mol. The van der Waals surface area contributed by atoms with Gasteiger partial charge < -0.3 is 14.8 Å². The lowest BCUT2D eigenvalue weighted by molar-refractivity contribution is -0.137. The molecule has 0 aromatic heterocycles. The van der Waals surface area contributed by atoms with Crippen molar-refractivity contribution in [1.29, 1.82) is 0 Å². The minimum Gasteiger partial charge on any atom is -0.493 e. The van der Waals surface area contributed by atoms with Gasteiger partial charge in [-0.2, -0.15) is 13.2 Å². The van der Waals surface area contributed by atoms with Crippen LogP contribution >= 0.6 is 0 Å². The number of nitrogens with one attached hydrogen (secondary N) is 1. The third-order valence-electron chi connectivity index (χ3n) is 5.48. The van der Waals surface area contributed by atoms with Gasteiger partial charge in [0.1, 0.15) is 6.54 Å². The van der Waals surface area contributed by atoms with Gasteiger partial charge in [0.15, 0.2) is 11.5 Å². The average Bonchev–Trinajstić information content (AvgIpc) is 2.83. The van der Waals surface area contributed by atoms with Gasteiger partial charge in [0.2, 0.25) is 5.91 Å². The molecule has 0 atom stereocenters. The fraction of sp³-hybridized carbons (Fsp3) is 0.240. The monoisotopic (exact) mass is 522 g/mol. The van der Waals surface area contributed by atoms with E-state index in [0.717, 1.165) is 23.3 Å². The summed E-state index contributed by atoms with van der Waals surface area (Å²) in [5.41, 5.74) is 0.947. The number of aryl methyl sites for hydroxylation is 2. The van der Waals surface area contributed by atoms with Crippen LogP contribution in [0.4, 0.5) is 24.5 Å². The molecule has 0 spiro atoms. The minimum absolute atomic E-state index is 0.0992. The Balaban J connectivity index is 2.06. The molecule has 11 heteroatoms. The van der Waals surface area contributed by atoms with Crippen molar-refractivity contribution in [3.05, 3.63) is 77.4 Å². The van der Waals surface area contributed by atoms with Crippen LogP contribution in [0, 0.1) is 13.8 Å². The molecule has 0 fully saturated rings. The minimum atomic E-state index is -4.71. The van der Waals surface area contributed by atoms with E-state index in [2.05, 4.69) is 5.32 Å². The van der Waals surface area contributed by atoms with Gasteiger partial charge >= 0.3 is 6.18 Å². The standard InChI is InChI=1S/C25H25F3N2O5S/c1-16-8-9-19(12-17(16)2)29-24(31)15-30(20-7-5-6-18(13-20)25(26,27)28)36(32,33)21-10-11-22(34-3)23(14-21)35-4/h5-14H,15H2,1-4H3,(H,29,31). The lowest BCUT2D eigenvalue weighted by Crippen LogP contribution is -2.38. The van der Waals surface area contributed by atoms with E-state index in [1.54, 1.807) is 18.2 Å². The predicted molar refractivity (Wildman–Crippen MR) is 130 cm³/mol. The predicted octanol–water partition coefficient (Wildman–Crippen LogP) is 5.17. The summed E-state index contributed by atoms with van der Waals surface area (Å²) in [6.07, 6.45) is -4.71. The molecule has 7 nitrogen and oxygen atoms in total. The highest BCUT2D eigenvalue weighted by molar-refractivity contribution is 7.92. The van der Waals surface area contributed by atoms with Crippen LogP contribution < -0.4 is 19.1 Å². The largest absolute Gasteiger partial charge is 0.493 e. The number of methoxy groups -OCH3 is 2. The molecule has 36 heavy (non-hydrogen) atoms. The summed E-state index contributed by atoms with van der Waals surface area (Å²) in [6, 6.07) is 12.7. The van der Waals surface area contributed by atoms with Gasteiger partial charge in [0.05, 0.1) is 30.4 Å². The number of rotatable bonds is 8. The van der Waals surface area contributed by atoms with Crippen molar-refractivity contribution in [2.24, 2.45) is 0 Å². The molecular formula is C25H25F3N2O5S. The van der Waals surface area contributed by atoms with Crippen LogP contribution in [0.15, 0.2) is 65.6 Å². The number of ether oxygens (including phenoxy) is 2. The molecule has 1 amide bonds. The van der Waals surface area contributed by atoms with Crippen molar-refractivity contribution in [2.45, 2.75) is 24.9 Å². The second-order valence-corrected chi connectivity index (χ2v) is 9.79. The molecule has 3 aromatic carbocycles. The lowest BCUT2D eigenvalue weighted by Gasteiger charge is -2.25. The Morgan fingerprint density at radius 3 is 2.22 bits per heavy atom. The molecule has 0 saturated heterocycles. The second kappa shape index (κ2) is 10.5. The van der Waals surface area contributed by atoms with Crippen LogP contribution in [0.3, 0.4) is 0 Å². The summed E-state index contributed by atoms with van der Waals surface area (Å²) >= 11 is 0. The Morgan fingerprint density at radius 2 is 1.61 bits per heavy atom. The number of amides is 1. The van der Waals surface area contributed by atoms with Crippen LogP contribution in [-0.4, -0.2) is 35.1 Å². The fourth-order valence-corrected chi connectivity index (χ4v) is 4.84. The molecule has 0 saturated carbocycles. The Hall–Kier alpha value is -3.73. The molecule has 0 aliphatic rings. The van der Waals surface area contributed by atoms with Crippen LogP contribution in [-0.2, 0) is 21.0 Å². The summed E-state index contributed by atoms with van der Waals surface area (Å²) in [5, 5.41) is 2.61. The number of halogens is 3.